The van der Waals surface area contributed by atoms with Crippen LogP contribution in [0, 0.1) is 0 Å². The number of sulfone groups is 1. The van der Waals surface area contributed by atoms with Crippen LogP contribution in [0.4, 0.5) is 11.4 Å². The van der Waals surface area contributed by atoms with E-state index in [2.05, 4.69) is 49.0 Å². The minimum absolute atomic E-state index is 0.0232. The van der Waals surface area contributed by atoms with Crippen molar-refractivity contribution in [2.45, 2.75) is 87.2 Å². The predicted molar refractivity (Wildman–Crippen MR) is 389 cm³/mol. The van der Waals surface area contributed by atoms with Gasteiger partial charge in [-0.05, 0) is 96.8 Å². The normalized spacial score (nSPS) is 19.4. The smallest absolute Gasteiger partial charge is 0.493 e. The van der Waals surface area contributed by atoms with Crippen LogP contribution in [-0.2, 0) is 75.0 Å². The van der Waals surface area contributed by atoms with Crippen molar-refractivity contribution in [3.05, 3.63) is 149 Å². The van der Waals surface area contributed by atoms with Crippen molar-refractivity contribution in [3.63, 3.8) is 0 Å². The zero-order chi connectivity index (χ0) is 78.3. The number of fused-ring (bicyclic) bond motifs is 4. The van der Waals surface area contributed by atoms with E-state index in [4.69, 9.17) is 69.6 Å². The molecule has 3 fully saturated rings. The number of aliphatic hydroxyl groups excluding tert-OH is 4. The Balaban J connectivity index is 0.634. The number of rotatable bonds is 39. The van der Waals surface area contributed by atoms with Crippen LogP contribution in [0.25, 0.3) is 11.5 Å². The molecule has 0 saturated carbocycles. The van der Waals surface area contributed by atoms with Crippen LogP contribution in [0.1, 0.15) is 60.7 Å². The molecule has 0 spiro atoms. The van der Waals surface area contributed by atoms with Gasteiger partial charge < -0.3 is 105 Å². The number of ether oxygens (including phenoxy) is 12. The molecular weight excluding hydrogens is 1500 g/mol. The third kappa shape index (κ3) is 20.6. The van der Waals surface area contributed by atoms with Crippen molar-refractivity contribution in [1.29, 1.82) is 0 Å². The van der Waals surface area contributed by atoms with Gasteiger partial charge in [0.2, 0.25) is 22.0 Å². The monoisotopic (exact) mass is 1580 g/mol. The van der Waals surface area contributed by atoms with Crippen LogP contribution in [0.3, 0.4) is 0 Å². The Morgan fingerprint density at radius 3 is 1.77 bits per heavy atom. The quantitative estimate of drug-likeness (QED) is 0.0270. The van der Waals surface area contributed by atoms with Gasteiger partial charge >= 0.3 is 15.6 Å². The van der Waals surface area contributed by atoms with Crippen LogP contribution in [0.5, 0.6) is 46.0 Å². The predicted octanol–water partition coefficient (Wildman–Crippen LogP) is 3.85. The Labute approximate surface area is 636 Å². The highest BCUT2D eigenvalue weighted by Crippen LogP contribution is 2.42. The summed E-state index contributed by atoms with van der Waals surface area (Å²) in [5, 5.41) is 59.8. The summed E-state index contributed by atoms with van der Waals surface area (Å²) in [6.07, 6.45) is -1.75. The zero-order valence-electron chi connectivity index (χ0n) is 60.5. The van der Waals surface area contributed by atoms with Gasteiger partial charge in [0.15, 0.2) is 34.5 Å². The summed E-state index contributed by atoms with van der Waals surface area (Å²) in [6, 6.07) is 20.0. The highest BCUT2D eigenvalue weighted by atomic mass is 32.3. The van der Waals surface area contributed by atoms with E-state index in [-0.39, 0.29) is 128 Å². The topological polar surface area (TPSA) is 442 Å². The lowest BCUT2D eigenvalue weighted by Crippen LogP contribution is -2.60. The average Bonchev–Trinajstić information content (AvgIpc) is 1.67. The molecule has 7 heterocycles. The van der Waals surface area contributed by atoms with Gasteiger partial charge in [0.05, 0.1) is 134 Å². The second-order valence-electron chi connectivity index (χ2n) is 25.9. The first-order chi connectivity index (χ1) is 53.5. The molecule has 5 N–H and O–H groups in total. The van der Waals surface area contributed by atoms with E-state index in [0.717, 1.165) is 29.5 Å². The number of methoxy groups -OCH3 is 2. The summed E-state index contributed by atoms with van der Waals surface area (Å²) in [7, 11) is -6.11. The molecule has 38 heteroatoms. The van der Waals surface area contributed by atoms with Crippen LogP contribution < -0.4 is 42.1 Å². The molecular formula is C73H82N10O26S2. The number of aromatic nitrogens is 5. The van der Waals surface area contributed by atoms with Gasteiger partial charge in [0.1, 0.15) is 61.4 Å². The van der Waals surface area contributed by atoms with E-state index < -0.39 is 80.2 Å². The fourth-order valence-corrected chi connectivity index (χ4v) is 13.3. The SMILES string of the molecule is C=C1C[C@H]2C=Nc3cc(OCc4cc(COc5cc6c(cc5OC)C(=O)N5CC(=C)C[C@H]5C=N6)cc(OS(=O)(=O)Oc5cc(C(=O)NCCOCCn6cc(COCCOCCOCCOCCOc7ccc(-c8nnc(S(C)(=O)=O)o8)cc7)nn6)ccc5OC5O[C@H](CO)[C@H](O)[C@H](O)[C@H]5O)c4)c(OC)cc3C(=O)N2C1. The number of carbonyl (C=O) groups excluding carboxylic acids is 3. The number of aliphatic imine (C=N–C) groups is 2. The molecule has 5 aliphatic heterocycles. The fourth-order valence-electron chi connectivity index (χ4n) is 12.2. The largest absolute Gasteiger partial charge is 0.501 e. The molecule has 0 bridgehead atoms. The van der Waals surface area contributed by atoms with E-state index >= 15 is 0 Å². The Morgan fingerprint density at radius 2 is 1.19 bits per heavy atom. The molecule has 0 radical (unpaired) electrons. The molecule has 0 aliphatic carbocycles. The highest BCUT2D eigenvalue weighted by Gasteiger charge is 2.45. The second kappa shape index (κ2) is 36.6. The Kier molecular flexibility index (Phi) is 26.4. The first kappa shape index (κ1) is 80.0. The minimum Gasteiger partial charge on any atom is -0.493 e. The third-order valence-corrected chi connectivity index (χ3v) is 19.3. The van der Waals surface area contributed by atoms with E-state index in [9.17, 15) is 51.6 Å². The number of benzene rings is 5. The van der Waals surface area contributed by atoms with Gasteiger partial charge in [-0.2, -0.15) is 0 Å². The molecule has 5 aliphatic rings. The van der Waals surface area contributed by atoms with Crippen LogP contribution >= 0.6 is 0 Å². The summed E-state index contributed by atoms with van der Waals surface area (Å²) >= 11 is 0. The lowest BCUT2D eigenvalue weighted by atomic mass is 9.99. The first-order valence-corrected chi connectivity index (χ1v) is 38.2. The maximum Gasteiger partial charge on any atom is 0.501 e. The van der Waals surface area contributed by atoms with E-state index in [1.165, 1.54) is 44.6 Å². The van der Waals surface area contributed by atoms with E-state index in [1.54, 1.807) is 75.6 Å². The molecule has 592 valence electrons. The Bertz CT molecular complexity index is 4670. The van der Waals surface area contributed by atoms with E-state index in [1.807, 2.05) is 0 Å². The summed E-state index contributed by atoms with van der Waals surface area (Å²) in [5.41, 5.74) is 4.52. The molecule has 7 atom stereocenters. The van der Waals surface area contributed by atoms with Crippen LogP contribution in [-0.4, -0.2) is 258 Å². The number of amides is 3. The number of hydrogen-bond acceptors (Lipinski definition) is 32. The standard InChI is InChI=1S/C73H82N10O26S2/c1-43-24-50-34-75-56-32-61(59(95-3)30-54(56)70(89)82(50)36-43)103-40-45-26-46(41-104-62-33-57-55(31-60(62)96-4)71(90)83-37-44(2)25-51(83)35-76-57)28-53(27-45)108-111(93,94)109-63-29-48(8-11-58(63)105-72-67(87)66(86)65(85)64(39-84)106-72)68(88)74-12-14-97-15-13-81-38-49(77-80-81)42-101-21-20-99-17-16-98-18-19-100-22-23-102-52-9-6-47(7-10-52)69-78-79-73(107-69)110(5,91)92/h6-11,26-35,38,50-51,64-67,72,84-87H,1-2,12-25,36-37,39-42H2,3-5H3,(H,74,88)/t50-,51-,64+,65-,66-,67+,72?/m0/s1. The Hall–Kier alpha value is -10.5. The highest BCUT2D eigenvalue weighted by molar-refractivity contribution is 7.90. The lowest BCUT2D eigenvalue weighted by Gasteiger charge is -2.39. The summed E-state index contributed by atoms with van der Waals surface area (Å²) in [5.74, 6) is -1.39. The van der Waals surface area contributed by atoms with Crippen LogP contribution in [0.2, 0.25) is 0 Å². The van der Waals surface area contributed by atoms with Gasteiger partial charge in [-0.3, -0.25) is 24.4 Å². The van der Waals surface area contributed by atoms with Gasteiger partial charge in [0.25, 0.3) is 17.7 Å². The first-order valence-electron chi connectivity index (χ1n) is 34.9. The average molecular weight is 1580 g/mol. The number of nitrogens with zero attached hydrogens (tertiary/aromatic N) is 9. The van der Waals surface area contributed by atoms with E-state index in [0.29, 0.717) is 112 Å². The molecule has 3 saturated heterocycles. The van der Waals surface area contributed by atoms with Crippen molar-refractivity contribution >= 4 is 61.8 Å². The summed E-state index contributed by atoms with van der Waals surface area (Å²) in [6.45, 7) is 10.7. The maximum absolute atomic E-state index is 14.4. The maximum atomic E-state index is 14.4. The number of hydrogen-bond donors (Lipinski definition) is 5. The van der Waals surface area contributed by atoms with Crippen molar-refractivity contribution < 1.29 is 121 Å². The van der Waals surface area contributed by atoms with Gasteiger partial charge in [0, 0.05) is 61.6 Å². The van der Waals surface area contributed by atoms with Crippen molar-refractivity contribution in [2.75, 3.05) is 113 Å². The molecule has 12 rings (SSSR count). The van der Waals surface area contributed by atoms with Crippen LogP contribution in [0.15, 0.2) is 135 Å². The molecule has 36 nitrogen and oxygen atoms in total. The molecule has 2 aromatic heterocycles. The third-order valence-electron chi connectivity index (χ3n) is 17.7. The number of nitrogens with one attached hydrogen (secondary N) is 1. The second-order valence-corrected chi connectivity index (χ2v) is 28.9. The minimum atomic E-state index is -5.31. The molecule has 5 aromatic carbocycles. The Morgan fingerprint density at radius 1 is 0.604 bits per heavy atom. The van der Waals surface area contributed by atoms with Gasteiger partial charge in [-0.1, -0.05) is 34.6 Å². The van der Waals surface area contributed by atoms with Crippen molar-refractivity contribution in [1.82, 2.24) is 40.3 Å². The fraction of sp³-hybridized carbons (Fsp3) is 0.411. The van der Waals surface area contributed by atoms with Gasteiger partial charge in [-0.15, -0.1) is 18.6 Å². The molecule has 7 aromatic rings. The molecule has 3 amide bonds. The van der Waals surface area contributed by atoms with Crippen molar-refractivity contribution in [2.24, 2.45) is 9.98 Å². The van der Waals surface area contributed by atoms with Crippen molar-refractivity contribution in [3.8, 4) is 57.5 Å². The molecule has 111 heavy (non-hydrogen) atoms. The zero-order valence-corrected chi connectivity index (χ0v) is 62.2. The summed E-state index contributed by atoms with van der Waals surface area (Å²) < 4.78 is 139. The van der Waals surface area contributed by atoms with Gasteiger partial charge in [-0.25, -0.2) is 13.1 Å². The molecule has 1 unspecified atom stereocenters. The lowest BCUT2D eigenvalue weighted by molar-refractivity contribution is -0.277. The summed E-state index contributed by atoms with van der Waals surface area (Å²) in [4.78, 5) is 54.0. The number of carbonyl (C=O) groups is 3. The number of aliphatic hydroxyl groups is 4.